The third kappa shape index (κ3) is 5.07. The number of hydrogen-bond donors (Lipinski definition) is 0. The average molecular weight is 350 g/mol. The highest BCUT2D eigenvalue weighted by atomic mass is 16.6. The summed E-state index contributed by atoms with van der Waals surface area (Å²) in [5.41, 5.74) is 0.922. The molecule has 0 saturated heterocycles. The van der Waals surface area contributed by atoms with E-state index in [0.29, 0.717) is 0 Å². The summed E-state index contributed by atoms with van der Waals surface area (Å²) in [6.45, 7) is 0. The number of ketones is 1. The van der Waals surface area contributed by atoms with E-state index in [4.69, 9.17) is 0 Å². The van der Waals surface area contributed by atoms with E-state index in [2.05, 4.69) is 0 Å². The van der Waals surface area contributed by atoms with Gasteiger partial charge in [0, 0.05) is 23.3 Å². The van der Waals surface area contributed by atoms with Gasteiger partial charge in [0.15, 0.2) is 5.78 Å². The molecule has 3 aromatic rings. The highest BCUT2D eigenvalue weighted by Crippen LogP contribution is 2.18. The highest BCUT2D eigenvalue weighted by Gasteiger charge is 2.11. The Morgan fingerprint density at radius 2 is 1.00 bits per heavy atom. The van der Waals surface area contributed by atoms with E-state index in [0.717, 1.165) is 17.2 Å². The van der Waals surface area contributed by atoms with Crippen molar-refractivity contribution in [3.8, 4) is 0 Å². The molecule has 130 valence electrons. The molecule has 0 radical (unpaired) electrons. The Morgan fingerprint density at radius 1 is 0.615 bits per heavy atom. The van der Waals surface area contributed by atoms with Crippen molar-refractivity contribution in [1.82, 2.24) is 0 Å². The van der Waals surface area contributed by atoms with Crippen molar-refractivity contribution in [3.63, 3.8) is 0 Å². The second kappa shape index (κ2) is 8.84. The Morgan fingerprint density at radius 3 is 1.35 bits per heavy atom. The Bertz CT molecular complexity index is 841. The summed E-state index contributed by atoms with van der Waals surface area (Å²) in [6, 6.07) is 23.2. The normalized spacial score (nSPS) is 9.54. The molecule has 7 nitrogen and oxygen atoms in total. The molecule has 0 aliphatic carbocycles. The molecule has 0 N–H and O–H groups in total. The lowest BCUT2D eigenvalue weighted by Gasteiger charge is -1.99. The molecule has 0 fully saturated rings. The minimum atomic E-state index is -0.674. The van der Waals surface area contributed by atoms with Gasteiger partial charge in [-0.2, -0.15) is 0 Å². The Hall–Kier alpha value is -3.87. The van der Waals surface area contributed by atoms with Crippen molar-refractivity contribution in [2.24, 2.45) is 0 Å². The standard InChI is InChI=1S/C13H10O.C6H4N2O4/c14-13(11-7-3-1-4-8-11)12-9-5-2-6-10-12;9-7(10)5-2-1-3-6(4-5)8(11)12/h1-10H;1-4H. The fraction of sp³-hybridized carbons (Fsp3) is 0. The largest absolute Gasteiger partial charge is 0.289 e. The van der Waals surface area contributed by atoms with Crippen LogP contribution in [0.4, 0.5) is 11.4 Å². The lowest BCUT2D eigenvalue weighted by Crippen LogP contribution is -1.99. The van der Waals surface area contributed by atoms with E-state index in [9.17, 15) is 25.0 Å². The molecule has 3 rings (SSSR count). The molecule has 0 heterocycles. The van der Waals surface area contributed by atoms with Crippen LogP contribution in [0.15, 0.2) is 84.9 Å². The Kier molecular flexibility index (Phi) is 6.28. The molecule has 7 heteroatoms. The number of nitro benzene ring substituents is 2. The van der Waals surface area contributed by atoms with E-state index >= 15 is 0 Å². The minimum Gasteiger partial charge on any atom is -0.289 e. The van der Waals surface area contributed by atoms with Gasteiger partial charge in [-0.15, -0.1) is 0 Å². The second-order valence-corrected chi connectivity index (χ2v) is 5.10. The summed E-state index contributed by atoms with van der Waals surface area (Å²) >= 11 is 0. The average Bonchev–Trinajstić information content (AvgIpc) is 2.69. The van der Waals surface area contributed by atoms with Gasteiger partial charge >= 0.3 is 0 Å². The number of non-ortho nitro benzene ring substituents is 2. The molecule has 3 aromatic carbocycles. The van der Waals surface area contributed by atoms with Crippen LogP contribution in [0.1, 0.15) is 15.9 Å². The van der Waals surface area contributed by atoms with Gasteiger partial charge in [0.2, 0.25) is 0 Å². The molecule has 0 saturated carbocycles. The summed E-state index contributed by atoms with van der Waals surface area (Å²) < 4.78 is 0. The zero-order valence-corrected chi connectivity index (χ0v) is 13.5. The highest BCUT2D eigenvalue weighted by molar-refractivity contribution is 6.08. The molecule has 0 amide bonds. The lowest BCUT2D eigenvalue weighted by atomic mass is 10.0. The molecule has 0 aliphatic rings. The SMILES string of the molecule is O=C(c1ccccc1)c1ccccc1.O=[N+]([O-])c1cccc([N+](=O)[O-])c1. The molecule has 0 spiro atoms. The molecular formula is C19H14N2O5. The fourth-order valence-corrected chi connectivity index (χ4v) is 2.07. The van der Waals surface area contributed by atoms with Crippen molar-refractivity contribution < 1.29 is 14.6 Å². The quantitative estimate of drug-likeness (QED) is 0.393. The van der Waals surface area contributed by atoms with Crippen LogP contribution in [0.3, 0.4) is 0 Å². The summed E-state index contributed by atoms with van der Waals surface area (Å²) in [7, 11) is 0. The number of nitrogens with zero attached hydrogens (tertiary/aromatic N) is 2. The fourth-order valence-electron chi connectivity index (χ4n) is 2.07. The van der Waals surface area contributed by atoms with E-state index in [-0.39, 0.29) is 17.2 Å². The summed E-state index contributed by atoms with van der Waals surface area (Å²) in [4.78, 5) is 30.8. The molecule has 0 atom stereocenters. The van der Waals surface area contributed by atoms with Crippen LogP contribution >= 0.6 is 0 Å². The third-order valence-electron chi connectivity index (χ3n) is 3.32. The predicted molar refractivity (Wildman–Crippen MR) is 96.1 cm³/mol. The van der Waals surface area contributed by atoms with Gasteiger partial charge in [-0.05, 0) is 6.07 Å². The number of hydrogen-bond acceptors (Lipinski definition) is 5. The van der Waals surface area contributed by atoms with Crippen LogP contribution in [-0.4, -0.2) is 15.6 Å². The maximum Gasteiger partial charge on any atom is 0.276 e. The zero-order valence-electron chi connectivity index (χ0n) is 13.5. The van der Waals surface area contributed by atoms with Gasteiger partial charge < -0.3 is 0 Å². The monoisotopic (exact) mass is 350 g/mol. The predicted octanol–water partition coefficient (Wildman–Crippen LogP) is 4.42. The van der Waals surface area contributed by atoms with Crippen molar-refractivity contribution in [2.45, 2.75) is 0 Å². The molecular weight excluding hydrogens is 336 g/mol. The van der Waals surface area contributed by atoms with E-state index in [1.54, 1.807) is 0 Å². The first-order valence-electron chi connectivity index (χ1n) is 7.52. The lowest BCUT2D eigenvalue weighted by molar-refractivity contribution is -0.394. The van der Waals surface area contributed by atoms with Gasteiger partial charge in [0.25, 0.3) is 11.4 Å². The van der Waals surface area contributed by atoms with Gasteiger partial charge in [-0.25, -0.2) is 0 Å². The smallest absolute Gasteiger partial charge is 0.276 e. The molecule has 0 bridgehead atoms. The Labute approximate surface area is 148 Å². The number of carbonyl (C=O) groups excluding carboxylic acids is 1. The van der Waals surface area contributed by atoms with Crippen molar-refractivity contribution in [3.05, 3.63) is 116 Å². The number of carbonyl (C=O) groups is 1. The zero-order chi connectivity index (χ0) is 18.9. The molecule has 26 heavy (non-hydrogen) atoms. The van der Waals surface area contributed by atoms with Crippen LogP contribution in [0, 0.1) is 20.2 Å². The van der Waals surface area contributed by atoms with Gasteiger partial charge in [0.1, 0.15) is 0 Å². The second-order valence-electron chi connectivity index (χ2n) is 5.10. The van der Waals surface area contributed by atoms with E-state index in [1.807, 2.05) is 60.7 Å². The van der Waals surface area contributed by atoms with Crippen LogP contribution in [0.2, 0.25) is 0 Å². The first kappa shape index (κ1) is 18.5. The summed E-state index contributed by atoms with van der Waals surface area (Å²) in [5.74, 6) is 0.0752. The maximum atomic E-state index is 11.8. The first-order valence-corrected chi connectivity index (χ1v) is 7.52. The molecule has 0 aliphatic heterocycles. The minimum absolute atomic E-state index is 0.0752. The van der Waals surface area contributed by atoms with Gasteiger partial charge in [0.05, 0.1) is 15.9 Å². The van der Waals surface area contributed by atoms with Crippen molar-refractivity contribution in [2.75, 3.05) is 0 Å². The Balaban J connectivity index is 0.000000190. The number of nitro groups is 2. The first-order chi connectivity index (χ1) is 12.5. The third-order valence-corrected chi connectivity index (χ3v) is 3.32. The van der Waals surface area contributed by atoms with E-state index in [1.165, 1.54) is 18.2 Å². The maximum absolute atomic E-state index is 11.8. The number of rotatable bonds is 4. The van der Waals surface area contributed by atoms with Gasteiger partial charge in [-0.3, -0.25) is 25.0 Å². The summed E-state index contributed by atoms with van der Waals surface area (Å²) in [5, 5.41) is 20.3. The summed E-state index contributed by atoms with van der Waals surface area (Å²) in [6.07, 6.45) is 0. The topological polar surface area (TPSA) is 103 Å². The van der Waals surface area contributed by atoms with Crippen molar-refractivity contribution >= 4 is 17.2 Å². The van der Waals surface area contributed by atoms with E-state index < -0.39 is 9.85 Å². The van der Waals surface area contributed by atoms with Crippen LogP contribution < -0.4 is 0 Å². The molecule has 0 unspecified atom stereocenters. The molecule has 0 aromatic heterocycles. The van der Waals surface area contributed by atoms with Crippen molar-refractivity contribution in [1.29, 1.82) is 0 Å². The van der Waals surface area contributed by atoms with Crippen LogP contribution in [0.5, 0.6) is 0 Å². The number of benzene rings is 3. The van der Waals surface area contributed by atoms with Crippen LogP contribution in [0.25, 0.3) is 0 Å². The van der Waals surface area contributed by atoms with Gasteiger partial charge in [-0.1, -0.05) is 60.7 Å². The van der Waals surface area contributed by atoms with Crippen LogP contribution in [-0.2, 0) is 0 Å².